The lowest BCUT2D eigenvalue weighted by Gasteiger charge is -2.20. The molecule has 102 valence electrons. The molecule has 1 atom stereocenters. The Labute approximate surface area is 117 Å². The molecule has 0 aliphatic rings. The van der Waals surface area contributed by atoms with Crippen molar-refractivity contribution >= 4 is 11.6 Å². The number of hydrogen-bond donors (Lipinski definition) is 1. The number of aryl methyl sites for hydroxylation is 1. The zero-order valence-corrected chi connectivity index (χ0v) is 11.8. The van der Waals surface area contributed by atoms with Gasteiger partial charge in [-0.2, -0.15) is 0 Å². The number of nitrogens with one attached hydrogen (secondary N) is 1. The van der Waals surface area contributed by atoms with Crippen molar-refractivity contribution in [2.75, 3.05) is 6.54 Å². The highest BCUT2D eigenvalue weighted by molar-refractivity contribution is 6.29. The summed E-state index contributed by atoms with van der Waals surface area (Å²) in [6.45, 7) is 4.84. The highest BCUT2D eigenvalue weighted by atomic mass is 35.5. The minimum Gasteiger partial charge on any atom is -0.453 e. The third-order valence-corrected chi connectivity index (χ3v) is 3.41. The molecule has 2 nitrogen and oxygen atoms in total. The van der Waals surface area contributed by atoms with E-state index in [1.807, 2.05) is 13.0 Å². The molecule has 0 amide bonds. The highest BCUT2D eigenvalue weighted by Crippen LogP contribution is 2.31. The fourth-order valence-corrected chi connectivity index (χ4v) is 2.37. The number of rotatable bonds is 5. The van der Waals surface area contributed by atoms with Crippen LogP contribution < -0.4 is 5.32 Å². The molecule has 0 radical (unpaired) electrons. The molecule has 0 spiro atoms. The molecule has 1 heterocycles. The SMILES string of the molecule is CCCNC(c1ccc(F)cc1C)c1ccoc1Cl. The van der Waals surface area contributed by atoms with Crippen molar-refractivity contribution in [3.05, 3.63) is 58.3 Å². The normalized spacial score (nSPS) is 12.6. The van der Waals surface area contributed by atoms with E-state index in [1.54, 1.807) is 12.3 Å². The van der Waals surface area contributed by atoms with Crippen molar-refractivity contribution in [1.82, 2.24) is 5.32 Å². The first-order valence-corrected chi connectivity index (χ1v) is 6.73. The molecule has 0 aliphatic carbocycles. The molecule has 1 unspecified atom stereocenters. The first kappa shape index (κ1) is 14.1. The predicted molar refractivity (Wildman–Crippen MR) is 75.0 cm³/mol. The van der Waals surface area contributed by atoms with Gasteiger partial charge in [-0.05, 0) is 60.8 Å². The van der Waals surface area contributed by atoms with Crippen LogP contribution in [0.4, 0.5) is 4.39 Å². The third kappa shape index (κ3) is 3.17. The van der Waals surface area contributed by atoms with Crippen LogP contribution >= 0.6 is 11.6 Å². The molecule has 1 aromatic carbocycles. The van der Waals surface area contributed by atoms with Crippen LogP contribution in [0.1, 0.15) is 36.1 Å². The van der Waals surface area contributed by atoms with E-state index in [0.29, 0.717) is 5.22 Å². The van der Waals surface area contributed by atoms with Crippen LogP contribution in [0.5, 0.6) is 0 Å². The van der Waals surface area contributed by atoms with E-state index in [1.165, 1.54) is 12.1 Å². The maximum absolute atomic E-state index is 13.2. The van der Waals surface area contributed by atoms with E-state index >= 15 is 0 Å². The van der Waals surface area contributed by atoms with Crippen LogP contribution in [0.15, 0.2) is 34.9 Å². The average molecular weight is 282 g/mol. The van der Waals surface area contributed by atoms with Gasteiger partial charge in [0.05, 0.1) is 12.3 Å². The van der Waals surface area contributed by atoms with Crippen molar-refractivity contribution in [2.45, 2.75) is 26.3 Å². The average Bonchev–Trinajstić information content (AvgIpc) is 2.78. The van der Waals surface area contributed by atoms with Crippen LogP contribution in [-0.4, -0.2) is 6.54 Å². The summed E-state index contributed by atoms with van der Waals surface area (Å²) >= 11 is 6.07. The van der Waals surface area contributed by atoms with Gasteiger partial charge < -0.3 is 9.73 Å². The van der Waals surface area contributed by atoms with Crippen molar-refractivity contribution in [3.8, 4) is 0 Å². The lowest BCUT2D eigenvalue weighted by atomic mass is 9.96. The molecule has 1 N–H and O–H groups in total. The summed E-state index contributed by atoms with van der Waals surface area (Å²) in [4.78, 5) is 0. The molecule has 2 aromatic rings. The molecule has 0 aliphatic heterocycles. The van der Waals surface area contributed by atoms with Gasteiger partial charge in [-0.1, -0.05) is 13.0 Å². The molecule has 0 bridgehead atoms. The van der Waals surface area contributed by atoms with Gasteiger partial charge in [0.15, 0.2) is 5.22 Å². The van der Waals surface area contributed by atoms with E-state index in [4.69, 9.17) is 16.0 Å². The molecule has 0 saturated carbocycles. The van der Waals surface area contributed by atoms with Gasteiger partial charge in [-0.15, -0.1) is 0 Å². The largest absolute Gasteiger partial charge is 0.453 e. The predicted octanol–water partition coefficient (Wildman–Crippen LogP) is 4.47. The van der Waals surface area contributed by atoms with E-state index in [-0.39, 0.29) is 11.9 Å². The van der Waals surface area contributed by atoms with E-state index in [2.05, 4.69) is 12.2 Å². The quantitative estimate of drug-likeness (QED) is 0.875. The maximum Gasteiger partial charge on any atom is 0.198 e. The lowest BCUT2D eigenvalue weighted by molar-refractivity contribution is 0.549. The van der Waals surface area contributed by atoms with Gasteiger partial charge in [0.25, 0.3) is 0 Å². The summed E-state index contributed by atoms with van der Waals surface area (Å²) in [6.07, 6.45) is 2.57. The Balaban J connectivity index is 2.40. The Bertz CT molecular complexity index is 553. The van der Waals surface area contributed by atoms with E-state index in [0.717, 1.165) is 29.7 Å². The summed E-state index contributed by atoms with van der Waals surface area (Å²) in [5, 5.41) is 3.79. The number of furan rings is 1. The molecule has 0 saturated heterocycles. The fraction of sp³-hybridized carbons (Fsp3) is 0.333. The third-order valence-electron chi connectivity index (χ3n) is 3.10. The second kappa shape index (κ2) is 6.22. The van der Waals surface area contributed by atoms with E-state index < -0.39 is 0 Å². The van der Waals surface area contributed by atoms with Gasteiger partial charge in [0.1, 0.15) is 5.82 Å². The van der Waals surface area contributed by atoms with Crippen LogP contribution in [-0.2, 0) is 0 Å². The Kier molecular flexibility index (Phi) is 4.61. The Morgan fingerprint density at radius 1 is 1.32 bits per heavy atom. The molecule has 4 heteroatoms. The fourth-order valence-electron chi connectivity index (χ4n) is 2.15. The summed E-state index contributed by atoms with van der Waals surface area (Å²) in [6, 6.07) is 6.56. The highest BCUT2D eigenvalue weighted by Gasteiger charge is 2.20. The lowest BCUT2D eigenvalue weighted by Crippen LogP contribution is -2.23. The first-order valence-electron chi connectivity index (χ1n) is 6.35. The van der Waals surface area contributed by atoms with Gasteiger partial charge in [0, 0.05) is 5.56 Å². The molecule has 0 fully saturated rings. The van der Waals surface area contributed by atoms with Gasteiger partial charge >= 0.3 is 0 Å². The topological polar surface area (TPSA) is 25.2 Å². The van der Waals surface area contributed by atoms with Gasteiger partial charge in [-0.25, -0.2) is 4.39 Å². The second-order valence-electron chi connectivity index (χ2n) is 4.54. The summed E-state index contributed by atoms with van der Waals surface area (Å²) in [7, 11) is 0. The summed E-state index contributed by atoms with van der Waals surface area (Å²) in [5.74, 6) is -0.228. The first-order chi connectivity index (χ1) is 9.13. The van der Waals surface area contributed by atoms with E-state index in [9.17, 15) is 4.39 Å². The summed E-state index contributed by atoms with van der Waals surface area (Å²) in [5.41, 5.74) is 2.79. The van der Waals surface area contributed by atoms with Gasteiger partial charge in [0.2, 0.25) is 0 Å². The van der Waals surface area contributed by atoms with Crippen molar-refractivity contribution in [2.24, 2.45) is 0 Å². The monoisotopic (exact) mass is 281 g/mol. The van der Waals surface area contributed by atoms with Crippen LogP contribution in [0.2, 0.25) is 5.22 Å². The molecule has 19 heavy (non-hydrogen) atoms. The zero-order valence-electron chi connectivity index (χ0n) is 11.0. The Morgan fingerprint density at radius 2 is 2.11 bits per heavy atom. The minimum atomic E-state index is -0.228. The number of hydrogen-bond acceptors (Lipinski definition) is 2. The zero-order chi connectivity index (χ0) is 13.8. The van der Waals surface area contributed by atoms with Crippen LogP contribution in [0, 0.1) is 12.7 Å². The van der Waals surface area contributed by atoms with Crippen molar-refractivity contribution in [1.29, 1.82) is 0 Å². The Morgan fingerprint density at radius 3 is 2.68 bits per heavy atom. The number of halogens is 2. The minimum absolute atomic E-state index is 0.0770. The molecule has 1 aromatic heterocycles. The van der Waals surface area contributed by atoms with Crippen molar-refractivity contribution in [3.63, 3.8) is 0 Å². The standard InChI is InChI=1S/C15H17ClFNO/c1-3-7-18-14(13-6-8-19-15(13)16)12-5-4-11(17)9-10(12)2/h4-6,8-9,14,18H,3,7H2,1-2H3. The molecular weight excluding hydrogens is 265 g/mol. The molecule has 2 rings (SSSR count). The maximum atomic E-state index is 13.2. The smallest absolute Gasteiger partial charge is 0.198 e. The molecular formula is C15H17ClFNO. The number of benzene rings is 1. The Hall–Kier alpha value is -1.32. The van der Waals surface area contributed by atoms with Crippen molar-refractivity contribution < 1.29 is 8.81 Å². The van der Waals surface area contributed by atoms with Crippen LogP contribution in [0.25, 0.3) is 0 Å². The second-order valence-corrected chi connectivity index (χ2v) is 4.88. The van der Waals surface area contributed by atoms with Gasteiger partial charge in [-0.3, -0.25) is 0 Å². The summed E-state index contributed by atoms with van der Waals surface area (Å²) < 4.78 is 18.4. The van der Waals surface area contributed by atoms with Crippen LogP contribution in [0.3, 0.4) is 0 Å².